The Hall–Kier alpha value is -2.96. The molecule has 0 fully saturated rings. The zero-order chi connectivity index (χ0) is 18.2. The Kier molecular flexibility index (Phi) is 6.45. The second kappa shape index (κ2) is 8.77. The fourth-order valence-corrected chi connectivity index (χ4v) is 2.22. The van der Waals surface area contributed by atoms with Gasteiger partial charge in [-0.05, 0) is 36.2 Å². The van der Waals surface area contributed by atoms with Crippen molar-refractivity contribution in [1.29, 1.82) is 0 Å². The molecule has 0 spiro atoms. The molecule has 2 N–H and O–H groups in total. The number of amides is 2. The average Bonchev–Trinajstić information content (AvgIpc) is 2.60. The summed E-state index contributed by atoms with van der Waals surface area (Å²) in [4.78, 5) is 24.0. The number of benzene rings is 2. The summed E-state index contributed by atoms with van der Waals surface area (Å²) in [6, 6.07) is 12.7. The van der Waals surface area contributed by atoms with Gasteiger partial charge in [-0.15, -0.1) is 0 Å². The van der Waals surface area contributed by atoms with Gasteiger partial charge in [-0.2, -0.15) is 8.78 Å². The molecule has 0 heterocycles. The molecule has 25 heavy (non-hydrogen) atoms. The van der Waals surface area contributed by atoms with Crippen LogP contribution < -0.4 is 15.4 Å². The lowest BCUT2D eigenvalue weighted by Crippen LogP contribution is -2.33. The highest BCUT2D eigenvalue weighted by Crippen LogP contribution is 2.16. The molecule has 2 rings (SSSR count). The van der Waals surface area contributed by atoms with Crippen molar-refractivity contribution in [2.45, 2.75) is 20.0 Å². The summed E-state index contributed by atoms with van der Waals surface area (Å²) in [5.41, 5.74) is 1.80. The van der Waals surface area contributed by atoms with Crippen LogP contribution in [0.2, 0.25) is 0 Å². The fraction of sp³-hybridized carbons (Fsp3) is 0.222. The highest BCUT2D eigenvalue weighted by atomic mass is 19.3. The third kappa shape index (κ3) is 5.56. The Bertz CT molecular complexity index is 751. The number of rotatable bonds is 7. The second-order valence-electron chi connectivity index (χ2n) is 5.15. The number of halogens is 2. The maximum atomic E-state index is 12.2. The van der Waals surface area contributed by atoms with Crippen LogP contribution in [0.1, 0.15) is 22.8 Å². The van der Waals surface area contributed by atoms with Gasteiger partial charge in [0.25, 0.3) is 5.91 Å². The fourth-order valence-electron chi connectivity index (χ4n) is 2.22. The first-order chi connectivity index (χ1) is 12.0. The topological polar surface area (TPSA) is 67.4 Å². The molecule has 0 saturated carbocycles. The SMILES string of the molecule is CCc1ccccc1NC(=O)CNC(=O)c1cccc(OC(F)F)c1. The predicted molar refractivity (Wildman–Crippen MR) is 89.9 cm³/mol. The quantitative estimate of drug-likeness (QED) is 0.807. The molecule has 0 aliphatic carbocycles. The van der Waals surface area contributed by atoms with Crippen LogP contribution in [0.3, 0.4) is 0 Å². The Morgan fingerprint density at radius 1 is 1.12 bits per heavy atom. The van der Waals surface area contributed by atoms with E-state index >= 15 is 0 Å². The molecular formula is C18H18F2N2O3. The van der Waals surface area contributed by atoms with Crippen molar-refractivity contribution in [3.05, 3.63) is 59.7 Å². The number of carbonyl (C=O) groups is 2. The summed E-state index contributed by atoms with van der Waals surface area (Å²) < 4.78 is 28.6. The lowest BCUT2D eigenvalue weighted by Gasteiger charge is -2.11. The van der Waals surface area contributed by atoms with Crippen LogP contribution in [0.4, 0.5) is 14.5 Å². The molecule has 0 unspecified atom stereocenters. The van der Waals surface area contributed by atoms with Crippen molar-refractivity contribution < 1.29 is 23.1 Å². The van der Waals surface area contributed by atoms with E-state index in [0.717, 1.165) is 12.0 Å². The second-order valence-corrected chi connectivity index (χ2v) is 5.15. The summed E-state index contributed by atoms with van der Waals surface area (Å²) in [5.74, 6) is -1.06. The molecule has 0 atom stereocenters. The van der Waals surface area contributed by atoms with E-state index in [-0.39, 0.29) is 23.8 Å². The van der Waals surface area contributed by atoms with Gasteiger partial charge in [0.1, 0.15) is 5.75 Å². The van der Waals surface area contributed by atoms with Crippen molar-refractivity contribution in [2.24, 2.45) is 0 Å². The molecule has 2 aromatic rings. The lowest BCUT2D eigenvalue weighted by atomic mass is 10.1. The van der Waals surface area contributed by atoms with Crippen LogP contribution >= 0.6 is 0 Å². The maximum Gasteiger partial charge on any atom is 0.387 e. The van der Waals surface area contributed by atoms with Crippen molar-refractivity contribution in [3.8, 4) is 5.75 Å². The highest BCUT2D eigenvalue weighted by Gasteiger charge is 2.11. The van der Waals surface area contributed by atoms with Gasteiger partial charge < -0.3 is 15.4 Å². The minimum atomic E-state index is -2.97. The van der Waals surface area contributed by atoms with Crippen LogP contribution in [0.25, 0.3) is 0 Å². The number of hydrogen-bond acceptors (Lipinski definition) is 3. The van der Waals surface area contributed by atoms with Crippen molar-refractivity contribution >= 4 is 17.5 Å². The van der Waals surface area contributed by atoms with Gasteiger partial charge in [0.15, 0.2) is 0 Å². The van der Waals surface area contributed by atoms with E-state index < -0.39 is 12.5 Å². The summed E-state index contributed by atoms with van der Waals surface area (Å²) in [7, 11) is 0. The Morgan fingerprint density at radius 3 is 2.60 bits per heavy atom. The van der Waals surface area contributed by atoms with Gasteiger partial charge in [0, 0.05) is 11.3 Å². The smallest absolute Gasteiger partial charge is 0.387 e. The monoisotopic (exact) mass is 348 g/mol. The minimum Gasteiger partial charge on any atom is -0.435 e. The number of para-hydroxylation sites is 1. The lowest BCUT2D eigenvalue weighted by molar-refractivity contribution is -0.115. The number of ether oxygens (including phenoxy) is 1. The van der Waals surface area contributed by atoms with Crippen LogP contribution in [0, 0.1) is 0 Å². The van der Waals surface area contributed by atoms with Crippen molar-refractivity contribution in [1.82, 2.24) is 5.32 Å². The predicted octanol–water partition coefficient (Wildman–Crippen LogP) is 3.22. The molecule has 7 heteroatoms. The summed E-state index contributed by atoms with van der Waals surface area (Å²) in [6.45, 7) is -1.24. The van der Waals surface area contributed by atoms with Crippen LogP contribution in [-0.4, -0.2) is 25.0 Å². The van der Waals surface area contributed by atoms with Gasteiger partial charge in [0.2, 0.25) is 5.91 Å². The molecule has 2 aromatic carbocycles. The first kappa shape index (κ1) is 18.4. The van der Waals surface area contributed by atoms with Gasteiger partial charge in [-0.3, -0.25) is 9.59 Å². The summed E-state index contributed by atoms with van der Waals surface area (Å²) >= 11 is 0. The molecule has 0 saturated heterocycles. The van der Waals surface area contributed by atoms with Gasteiger partial charge in [-0.25, -0.2) is 0 Å². The number of hydrogen-bond donors (Lipinski definition) is 2. The number of carbonyl (C=O) groups excluding carboxylic acids is 2. The molecule has 0 bridgehead atoms. The molecule has 132 valence electrons. The number of anilines is 1. The molecule has 0 radical (unpaired) electrons. The van der Waals surface area contributed by atoms with E-state index in [2.05, 4.69) is 15.4 Å². The zero-order valence-electron chi connectivity index (χ0n) is 13.6. The first-order valence-electron chi connectivity index (χ1n) is 7.70. The zero-order valence-corrected chi connectivity index (χ0v) is 13.6. The molecular weight excluding hydrogens is 330 g/mol. The van der Waals surface area contributed by atoms with Crippen molar-refractivity contribution in [3.63, 3.8) is 0 Å². The van der Waals surface area contributed by atoms with E-state index in [1.165, 1.54) is 24.3 Å². The van der Waals surface area contributed by atoms with Crippen LogP contribution in [0.15, 0.2) is 48.5 Å². The third-order valence-electron chi connectivity index (χ3n) is 3.40. The third-order valence-corrected chi connectivity index (χ3v) is 3.40. The molecule has 5 nitrogen and oxygen atoms in total. The van der Waals surface area contributed by atoms with E-state index in [1.54, 1.807) is 6.07 Å². The first-order valence-corrected chi connectivity index (χ1v) is 7.70. The van der Waals surface area contributed by atoms with Crippen LogP contribution in [0.5, 0.6) is 5.75 Å². The van der Waals surface area contributed by atoms with E-state index in [1.807, 2.05) is 25.1 Å². The van der Waals surface area contributed by atoms with Gasteiger partial charge in [0.05, 0.1) is 6.54 Å². The highest BCUT2D eigenvalue weighted by molar-refractivity contribution is 5.99. The number of alkyl halides is 2. The standard InChI is InChI=1S/C18H18F2N2O3/c1-2-12-6-3-4-9-15(12)22-16(23)11-21-17(24)13-7-5-8-14(10-13)25-18(19)20/h3-10,18H,2,11H2,1H3,(H,21,24)(H,22,23). The molecule has 0 aliphatic heterocycles. The molecule has 0 aromatic heterocycles. The minimum absolute atomic E-state index is 0.121. The Balaban J connectivity index is 1.92. The Labute approximate surface area is 144 Å². The maximum absolute atomic E-state index is 12.2. The normalized spacial score (nSPS) is 10.4. The average molecular weight is 348 g/mol. The summed E-state index contributed by atoms with van der Waals surface area (Å²) in [6.07, 6.45) is 0.764. The van der Waals surface area contributed by atoms with Crippen LogP contribution in [-0.2, 0) is 11.2 Å². The van der Waals surface area contributed by atoms with Gasteiger partial charge in [-0.1, -0.05) is 31.2 Å². The summed E-state index contributed by atoms with van der Waals surface area (Å²) in [5, 5.41) is 5.17. The van der Waals surface area contributed by atoms with E-state index in [0.29, 0.717) is 5.69 Å². The van der Waals surface area contributed by atoms with Crippen molar-refractivity contribution in [2.75, 3.05) is 11.9 Å². The number of aryl methyl sites for hydroxylation is 1. The largest absolute Gasteiger partial charge is 0.435 e. The van der Waals surface area contributed by atoms with E-state index in [4.69, 9.17) is 0 Å². The van der Waals surface area contributed by atoms with E-state index in [9.17, 15) is 18.4 Å². The molecule has 0 aliphatic rings. The number of nitrogens with one attached hydrogen (secondary N) is 2. The Morgan fingerprint density at radius 2 is 1.88 bits per heavy atom. The van der Waals surface area contributed by atoms with Gasteiger partial charge >= 0.3 is 6.61 Å². The molecule has 2 amide bonds.